The number of aromatic nitrogens is 4. The fourth-order valence-electron chi connectivity index (χ4n) is 3.57. The number of nitrogens with zero attached hydrogens (tertiary/aromatic N) is 4. The van der Waals surface area contributed by atoms with Gasteiger partial charge >= 0.3 is 0 Å². The lowest BCUT2D eigenvalue weighted by Gasteiger charge is -2.15. The SMILES string of the molecule is Cc1cc(C)n(-c2nc3c(c(=O)n2CC(=O)Nc2ccc(Cl)c(Cl)c2)CCC3)n1. The molecule has 0 spiro atoms. The fourth-order valence-corrected chi connectivity index (χ4v) is 3.87. The van der Waals surface area contributed by atoms with Gasteiger partial charge in [-0.2, -0.15) is 5.10 Å². The van der Waals surface area contributed by atoms with Crippen molar-refractivity contribution >= 4 is 34.8 Å². The van der Waals surface area contributed by atoms with Crippen LogP contribution in [0.2, 0.25) is 10.0 Å². The molecule has 1 aliphatic rings. The topological polar surface area (TPSA) is 81.8 Å². The van der Waals surface area contributed by atoms with Crippen LogP contribution in [-0.2, 0) is 24.2 Å². The molecule has 0 fully saturated rings. The summed E-state index contributed by atoms with van der Waals surface area (Å²) < 4.78 is 3.00. The second-order valence-corrected chi connectivity index (χ2v) is 7.91. The Morgan fingerprint density at radius 1 is 1.17 bits per heavy atom. The van der Waals surface area contributed by atoms with Crippen LogP contribution < -0.4 is 10.9 Å². The number of nitrogens with one attached hydrogen (secondary N) is 1. The Balaban J connectivity index is 1.72. The molecule has 3 aromatic rings. The van der Waals surface area contributed by atoms with Gasteiger partial charge in [0, 0.05) is 16.9 Å². The van der Waals surface area contributed by atoms with Gasteiger partial charge in [-0.15, -0.1) is 0 Å². The van der Waals surface area contributed by atoms with Gasteiger partial charge in [0.2, 0.25) is 11.9 Å². The van der Waals surface area contributed by atoms with E-state index in [1.54, 1.807) is 22.9 Å². The van der Waals surface area contributed by atoms with Gasteiger partial charge in [-0.05, 0) is 57.4 Å². The second kappa shape index (κ2) is 7.65. The smallest absolute Gasteiger partial charge is 0.258 e. The van der Waals surface area contributed by atoms with Crippen molar-refractivity contribution in [3.8, 4) is 5.95 Å². The number of carbonyl (C=O) groups is 1. The molecule has 0 atom stereocenters. The minimum absolute atomic E-state index is 0.187. The van der Waals surface area contributed by atoms with Crippen LogP contribution in [0, 0.1) is 13.8 Å². The zero-order valence-corrected chi connectivity index (χ0v) is 17.5. The fraction of sp³-hybridized carbons (Fsp3) is 0.300. The van der Waals surface area contributed by atoms with Gasteiger partial charge in [-0.1, -0.05) is 23.2 Å². The third-order valence-corrected chi connectivity index (χ3v) is 5.61. The van der Waals surface area contributed by atoms with Gasteiger partial charge in [0.05, 0.1) is 21.4 Å². The van der Waals surface area contributed by atoms with E-state index in [2.05, 4.69) is 15.4 Å². The molecular formula is C20H19Cl2N5O2. The van der Waals surface area contributed by atoms with Crippen molar-refractivity contribution in [3.63, 3.8) is 0 Å². The lowest BCUT2D eigenvalue weighted by molar-refractivity contribution is -0.116. The van der Waals surface area contributed by atoms with Crippen molar-refractivity contribution in [1.82, 2.24) is 19.3 Å². The molecule has 150 valence electrons. The zero-order chi connectivity index (χ0) is 20.7. The maximum absolute atomic E-state index is 13.1. The number of fused-ring (bicyclic) bond motifs is 1. The second-order valence-electron chi connectivity index (χ2n) is 7.10. The molecule has 0 radical (unpaired) electrons. The highest BCUT2D eigenvalue weighted by Crippen LogP contribution is 2.25. The van der Waals surface area contributed by atoms with Gasteiger partial charge in [-0.25, -0.2) is 9.67 Å². The average molecular weight is 432 g/mol. The van der Waals surface area contributed by atoms with E-state index in [4.69, 9.17) is 23.2 Å². The van der Waals surface area contributed by atoms with E-state index in [9.17, 15) is 9.59 Å². The lowest BCUT2D eigenvalue weighted by Crippen LogP contribution is -2.34. The Morgan fingerprint density at radius 3 is 2.66 bits per heavy atom. The van der Waals surface area contributed by atoms with Gasteiger partial charge in [0.1, 0.15) is 6.54 Å². The first kappa shape index (κ1) is 19.7. The summed E-state index contributed by atoms with van der Waals surface area (Å²) in [7, 11) is 0. The van der Waals surface area contributed by atoms with E-state index < -0.39 is 0 Å². The van der Waals surface area contributed by atoms with Crippen molar-refractivity contribution in [2.24, 2.45) is 0 Å². The van der Waals surface area contributed by atoms with Gasteiger partial charge in [0.25, 0.3) is 5.56 Å². The van der Waals surface area contributed by atoms with E-state index in [1.807, 2.05) is 19.9 Å². The summed E-state index contributed by atoms with van der Waals surface area (Å²) in [6.07, 6.45) is 2.31. The van der Waals surface area contributed by atoms with Crippen LogP contribution in [0.25, 0.3) is 5.95 Å². The molecule has 2 heterocycles. The van der Waals surface area contributed by atoms with Crippen LogP contribution in [0.1, 0.15) is 29.1 Å². The highest BCUT2D eigenvalue weighted by Gasteiger charge is 2.24. The summed E-state index contributed by atoms with van der Waals surface area (Å²) in [5, 5.41) is 7.94. The summed E-state index contributed by atoms with van der Waals surface area (Å²) >= 11 is 11.9. The van der Waals surface area contributed by atoms with E-state index in [0.717, 1.165) is 29.9 Å². The summed E-state index contributed by atoms with van der Waals surface area (Å²) in [5.74, 6) is -0.0152. The van der Waals surface area contributed by atoms with Crippen molar-refractivity contribution in [2.75, 3.05) is 5.32 Å². The largest absolute Gasteiger partial charge is 0.324 e. The Hall–Kier alpha value is -2.64. The minimum Gasteiger partial charge on any atom is -0.324 e. The number of halogens is 2. The van der Waals surface area contributed by atoms with E-state index in [1.165, 1.54) is 4.57 Å². The first-order chi connectivity index (χ1) is 13.8. The number of hydrogen-bond donors (Lipinski definition) is 1. The Labute approximate surface area is 177 Å². The standard InChI is InChI=1S/C20H19Cl2N5O2/c1-11-8-12(2)27(25-11)20-24-17-5-3-4-14(17)19(29)26(20)10-18(28)23-13-6-7-15(21)16(22)9-13/h6-9H,3-5,10H2,1-2H3,(H,23,28). The van der Waals surface area contributed by atoms with Crippen molar-refractivity contribution in [2.45, 2.75) is 39.7 Å². The van der Waals surface area contributed by atoms with Gasteiger partial charge in [-0.3, -0.25) is 14.2 Å². The first-order valence-electron chi connectivity index (χ1n) is 9.24. The summed E-state index contributed by atoms with van der Waals surface area (Å²) in [5.41, 5.74) is 3.42. The van der Waals surface area contributed by atoms with Crippen molar-refractivity contribution < 1.29 is 4.79 Å². The van der Waals surface area contributed by atoms with Crippen LogP contribution in [-0.4, -0.2) is 25.2 Å². The molecule has 0 unspecified atom stereocenters. The predicted octanol–water partition coefficient (Wildman–Crippen LogP) is 3.48. The molecule has 2 aromatic heterocycles. The highest BCUT2D eigenvalue weighted by molar-refractivity contribution is 6.42. The van der Waals surface area contributed by atoms with Crippen LogP contribution in [0.3, 0.4) is 0 Å². The van der Waals surface area contributed by atoms with Crippen LogP contribution in [0.5, 0.6) is 0 Å². The molecule has 1 amide bonds. The van der Waals surface area contributed by atoms with Crippen molar-refractivity contribution in [1.29, 1.82) is 0 Å². The quantitative estimate of drug-likeness (QED) is 0.685. The van der Waals surface area contributed by atoms with E-state index in [0.29, 0.717) is 33.7 Å². The average Bonchev–Trinajstić information content (AvgIpc) is 3.26. The third-order valence-electron chi connectivity index (χ3n) is 4.87. The summed E-state index contributed by atoms with van der Waals surface area (Å²) in [4.78, 5) is 30.5. The molecule has 9 heteroatoms. The van der Waals surface area contributed by atoms with E-state index >= 15 is 0 Å². The number of hydrogen-bond acceptors (Lipinski definition) is 4. The number of carbonyl (C=O) groups excluding carboxylic acids is 1. The Kier molecular flexibility index (Phi) is 5.19. The molecular weight excluding hydrogens is 413 g/mol. The summed E-state index contributed by atoms with van der Waals surface area (Å²) in [6.45, 7) is 3.57. The van der Waals surface area contributed by atoms with Crippen molar-refractivity contribution in [3.05, 3.63) is 67.3 Å². The summed E-state index contributed by atoms with van der Waals surface area (Å²) in [6, 6.07) is 6.72. The molecule has 0 bridgehead atoms. The number of benzene rings is 1. The number of amides is 1. The molecule has 0 saturated heterocycles. The maximum atomic E-state index is 13.1. The van der Waals surface area contributed by atoms with E-state index in [-0.39, 0.29) is 18.0 Å². The molecule has 29 heavy (non-hydrogen) atoms. The molecule has 4 rings (SSSR count). The monoisotopic (exact) mass is 431 g/mol. The molecule has 1 aromatic carbocycles. The minimum atomic E-state index is -0.368. The van der Waals surface area contributed by atoms with Gasteiger partial charge in [0.15, 0.2) is 0 Å². The molecule has 0 saturated carbocycles. The van der Waals surface area contributed by atoms with Crippen LogP contribution in [0.15, 0.2) is 29.1 Å². The zero-order valence-electron chi connectivity index (χ0n) is 16.0. The highest BCUT2D eigenvalue weighted by atomic mass is 35.5. The van der Waals surface area contributed by atoms with Crippen LogP contribution in [0.4, 0.5) is 5.69 Å². The molecule has 1 N–H and O–H groups in total. The molecule has 0 aliphatic heterocycles. The number of aryl methyl sites for hydroxylation is 3. The third kappa shape index (κ3) is 3.80. The molecule has 7 nitrogen and oxygen atoms in total. The number of anilines is 1. The van der Waals surface area contributed by atoms with Gasteiger partial charge < -0.3 is 5.32 Å². The Bertz CT molecular complexity index is 1180. The Morgan fingerprint density at radius 2 is 1.97 bits per heavy atom. The maximum Gasteiger partial charge on any atom is 0.258 e. The molecule has 1 aliphatic carbocycles. The van der Waals surface area contributed by atoms with Crippen LogP contribution >= 0.6 is 23.2 Å². The predicted molar refractivity (Wildman–Crippen MR) is 112 cm³/mol. The first-order valence-corrected chi connectivity index (χ1v) is 10.00. The number of rotatable bonds is 4. The normalized spacial score (nSPS) is 12.8. The lowest BCUT2D eigenvalue weighted by atomic mass is 10.2.